The molecule has 0 spiro atoms. The monoisotopic (exact) mass is 496 g/mol. The number of nitrogens with zero attached hydrogens (tertiary/aromatic N) is 3. The summed E-state index contributed by atoms with van der Waals surface area (Å²) < 4.78 is 0. The second-order valence-electron chi connectivity index (χ2n) is 8.21. The van der Waals surface area contributed by atoms with E-state index in [-0.39, 0.29) is 36.4 Å². The van der Waals surface area contributed by atoms with Crippen LogP contribution in [-0.2, 0) is 17.8 Å². The lowest BCUT2D eigenvalue weighted by molar-refractivity contribution is -0.130. The lowest BCUT2D eigenvalue weighted by Gasteiger charge is -2.28. The second kappa shape index (κ2) is 9.94. The minimum Gasteiger partial charge on any atom is -0.357 e. The number of guanidine groups is 1. The molecular weight excluding hydrogens is 463 g/mol. The lowest BCUT2D eigenvalue weighted by Crippen LogP contribution is -2.42. The van der Waals surface area contributed by atoms with Crippen LogP contribution in [0.15, 0.2) is 29.3 Å². The van der Waals surface area contributed by atoms with Crippen molar-refractivity contribution in [2.75, 3.05) is 32.7 Å². The van der Waals surface area contributed by atoms with Crippen LogP contribution in [0.5, 0.6) is 0 Å². The van der Waals surface area contributed by atoms with Gasteiger partial charge in [0.05, 0.1) is 0 Å². The van der Waals surface area contributed by atoms with Gasteiger partial charge in [-0.25, -0.2) is 4.99 Å². The van der Waals surface area contributed by atoms with Crippen molar-refractivity contribution >= 4 is 35.8 Å². The average molecular weight is 496 g/mol. The highest BCUT2D eigenvalue weighted by atomic mass is 127. The largest absolute Gasteiger partial charge is 0.357 e. The minimum atomic E-state index is 0. The molecule has 5 nitrogen and oxygen atoms in total. The molecule has 154 valence electrons. The number of carbonyl (C=O) groups excluding carboxylic acids is 1. The second-order valence-corrected chi connectivity index (χ2v) is 8.21. The van der Waals surface area contributed by atoms with Gasteiger partial charge in [-0.15, -0.1) is 24.0 Å². The van der Waals surface area contributed by atoms with E-state index in [9.17, 15) is 4.79 Å². The molecule has 1 saturated heterocycles. The molecule has 28 heavy (non-hydrogen) atoms. The standard InChI is InChI=1S/C22H32N4O.HI/c1-2-23-22(26-15-19-9-5-6-10-20(19)16-26)24-13-21(27)25-12-11-17-7-3-4-8-18(17)14-25;/h3-4,7-8,19-20H,2,5-6,9-16H2,1H3,(H,23,24);1H. The molecule has 4 rings (SSSR count). The van der Waals surface area contributed by atoms with Crippen LogP contribution in [0.25, 0.3) is 0 Å². The van der Waals surface area contributed by atoms with Crippen molar-refractivity contribution in [1.82, 2.24) is 15.1 Å². The lowest BCUT2D eigenvalue weighted by atomic mass is 9.82. The summed E-state index contributed by atoms with van der Waals surface area (Å²) in [7, 11) is 0. The topological polar surface area (TPSA) is 47.9 Å². The van der Waals surface area contributed by atoms with Crippen molar-refractivity contribution < 1.29 is 4.79 Å². The number of nitrogens with one attached hydrogen (secondary N) is 1. The maximum absolute atomic E-state index is 12.8. The number of aliphatic imine (C=N–C) groups is 1. The first-order valence-electron chi connectivity index (χ1n) is 10.6. The van der Waals surface area contributed by atoms with Gasteiger partial charge in [0, 0.05) is 32.7 Å². The Kier molecular flexibility index (Phi) is 7.60. The Balaban J connectivity index is 0.00000225. The van der Waals surface area contributed by atoms with E-state index in [2.05, 4.69) is 41.4 Å². The number of amides is 1. The number of benzene rings is 1. The summed E-state index contributed by atoms with van der Waals surface area (Å²) in [5.74, 6) is 2.70. The summed E-state index contributed by atoms with van der Waals surface area (Å²) in [6.45, 7) is 6.91. The number of fused-ring (bicyclic) bond motifs is 2. The molecule has 1 amide bonds. The van der Waals surface area contributed by atoms with Crippen molar-refractivity contribution in [3.05, 3.63) is 35.4 Å². The smallest absolute Gasteiger partial charge is 0.244 e. The highest BCUT2D eigenvalue weighted by molar-refractivity contribution is 14.0. The molecule has 6 heteroatoms. The molecule has 2 atom stereocenters. The fourth-order valence-corrected chi connectivity index (χ4v) is 4.96. The van der Waals surface area contributed by atoms with Crippen LogP contribution in [0.4, 0.5) is 0 Å². The molecule has 1 aliphatic carbocycles. The number of carbonyl (C=O) groups is 1. The van der Waals surface area contributed by atoms with Crippen LogP contribution in [0.3, 0.4) is 0 Å². The molecule has 3 aliphatic rings. The Labute approximate surface area is 186 Å². The van der Waals surface area contributed by atoms with E-state index in [4.69, 9.17) is 4.99 Å². The molecule has 1 N–H and O–H groups in total. The molecular formula is C22H33IN4O. The molecule has 0 aromatic heterocycles. The van der Waals surface area contributed by atoms with Crippen LogP contribution in [-0.4, -0.2) is 54.4 Å². The Morgan fingerprint density at radius 2 is 1.79 bits per heavy atom. The number of hydrogen-bond donors (Lipinski definition) is 1. The third-order valence-electron chi connectivity index (χ3n) is 6.46. The van der Waals surface area contributed by atoms with Gasteiger partial charge in [-0.2, -0.15) is 0 Å². The summed E-state index contributed by atoms with van der Waals surface area (Å²) in [5.41, 5.74) is 2.65. The quantitative estimate of drug-likeness (QED) is 0.397. The van der Waals surface area contributed by atoms with Crippen LogP contribution < -0.4 is 5.32 Å². The van der Waals surface area contributed by atoms with Crippen molar-refractivity contribution in [1.29, 1.82) is 0 Å². The SMILES string of the molecule is CCNC(=NCC(=O)N1CCc2ccccc2C1)N1CC2CCCCC2C1.I. The minimum absolute atomic E-state index is 0. The van der Waals surface area contributed by atoms with Crippen molar-refractivity contribution in [2.45, 2.75) is 45.6 Å². The van der Waals surface area contributed by atoms with Gasteiger partial charge in [0.25, 0.3) is 0 Å². The van der Waals surface area contributed by atoms with Gasteiger partial charge in [-0.3, -0.25) is 4.79 Å². The van der Waals surface area contributed by atoms with Gasteiger partial charge in [-0.1, -0.05) is 37.1 Å². The van der Waals surface area contributed by atoms with E-state index >= 15 is 0 Å². The summed E-state index contributed by atoms with van der Waals surface area (Å²) >= 11 is 0. The van der Waals surface area contributed by atoms with Crippen molar-refractivity contribution in [3.8, 4) is 0 Å². The average Bonchev–Trinajstić information content (AvgIpc) is 3.14. The summed E-state index contributed by atoms with van der Waals surface area (Å²) in [6.07, 6.45) is 6.40. The first kappa shape index (κ1) is 21.4. The van der Waals surface area contributed by atoms with Crippen molar-refractivity contribution in [3.63, 3.8) is 0 Å². The highest BCUT2D eigenvalue weighted by Crippen LogP contribution is 2.35. The summed E-state index contributed by atoms with van der Waals surface area (Å²) in [4.78, 5) is 21.8. The number of rotatable bonds is 3. The van der Waals surface area contributed by atoms with Gasteiger partial charge in [0.15, 0.2) is 5.96 Å². The normalized spacial score (nSPS) is 24.2. The molecule has 2 heterocycles. The molecule has 1 aromatic carbocycles. The zero-order valence-electron chi connectivity index (χ0n) is 16.9. The number of halogens is 1. The third kappa shape index (κ3) is 4.81. The van der Waals surface area contributed by atoms with Crippen molar-refractivity contribution in [2.24, 2.45) is 16.8 Å². The third-order valence-corrected chi connectivity index (χ3v) is 6.46. The highest BCUT2D eigenvalue weighted by Gasteiger charge is 2.35. The molecule has 0 radical (unpaired) electrons. The van der Waals surface area contributed by atoms with Crippen LogP contribution >= 0.6 is 24.0 Å². The summed E-state index contributed by atoms with van der Waals surface area (Å²) in [5, 5.41) is 3.41. The van der Waals surface area contributed by atoms with E-state index in [1.807, 2.05) is 4.90 Å². The van der Waals surface area contributed by atoms with E-state index in [1.54, 1.807) is 0 Å². The summed E-state index contributed by atoms with van der Waals surface area (Å²) in [6, 6.07) is 8.44. The van der Waals surface area contributed by atoms with Crippen LogP contribution in [0, 0.1) is 11.8 Å². The Morgan fingerprint density at radius 3 is 2.46 bits per heavy atom. The van der Waals surface area contributed by atoms with Crippen LogP contribution in [0.2, 0.25) is 0 Å². The van der Waals surface area contributed by atoms with E-state index in [0.717, 1.165) is 56.9 Å². The van der Waals surface area contributed by atoms with E-state index in [1.165, 1.54) is 36.8 Å². The van der Waals surface area contributed by atoms with E-state index in [0.29, 0.717) is 0 Å². The zero-order valence-corrected chi connectivity index (χ0v) is 19.2. The molecule has 2 unspecified atom stereocenters. The fourth-order valence-electron chi connectivity index (χ4n) is 4.96. The van der Waals surface area contributed by atoms with Gasteiger partial charge in [0.1, 0.15) is 6.54 Å². The Bertz CT molecular complexity index is 694. The predicted octanol–water partition coefficient (Wildman–Crippen LogP) is 3.28. The van der Waals surface area contributed by atoms with Crippen LogP contribution in [0.1, 0.15) is 43.7 Å². The van der Waals surface area contributed by atoms with Gasteiger partial charge in [-0.05, 0) is 49.1 Å². The maximum atomic E-state index is 12.8. The maximum Gasteiger partial charge on any atom is 0.244 e. The molecule has 0 bridgehead atoms. The van der Waals surface area contributed by atoms with Gasteiger partial charge >= 0.3 is 0 Å². The van der Waals surface area contributed by atoms with E-state index < -0.39 is 0 Å². The Morgan fingerprint density at radius 1 is 1.11 bits per heavy atom. The first-order valence-corrected chi connectivity index (χ1v) is 10.6. The Hall–Kier alpha value is -1.31. The number of hydrogen-bond acceptors (Lipinski definition) is 2. The van der Waals surface area contributed by atoms with Gasteiger partial charge < -0.3 is 15.1 Å². The molecule has 2 fully saturated rings. The number of likely N-dealkylation sites (tertiary alicyclic amines) is 1. The predicted molar refractivity (Wildman–Crippen MR) is 124 cm³/mol. The molecule has 1 aromatic rings. The molecule has 1 saturated carbocycles. The zero-order chi connectivity index (χ0) is 18.6. The molecule has 2 aliphatic heterocycles. The van der Waals surface area contributed by atoms with Gasteiger partial charge in [0.2, 0.25) is 5.91 Å². The first-order chi connectivity index (χ1) is 13.2. The fraction of sp³-hybridized carbons (Fsp3) is 0.636.